The first-order valence-corrected chi connectivity index (χ1v) is 9.39. The Hall–Kier alpha value is -2.86. The summed E-state index contributed by atoms with van der Waals surface area (Å²) >= 11 is 0. The van der Waals surface area contributed by atoms with Crippen molar-refractivity contribution in [1.82, 2.24) is 5.32 Å². The number of carbonyl (C=O) groups is 2. The summed E-state index contributed by atoms with van der Waals surface area (Å²) in [5.74, 6) is -0.977. The number of alkyl carbamates (subject to hydrolysis) is 1. The van der Waals surface area contributed by atoms with E-state index in [9.17, 15) is 14.7 Å². The molecule has 0 heterocycles. The molecule has 4 rings (SSSR count). The highest BCUT2D eigenvalue weighted by Crippen LogP contribution is 2.44. The molecule has 0 saturated heterocycles. The Bertz CT molecular complexity index is 858. The van der Waals surface area contributed by atoms with Crippen LogP contribution in [0.5, 0.6) is 0 Å². The van der Waals surface area contributed by atoms with Gasteiger partial charge in [0.25, 0.3) is 0 Å². The van der Waals surface area contributed by atoms with Gasteiger partial charge in [0.15, 0.2) is 0 Å². The molecule has 1 saturated carbocycles. The van der Waals surface area contributed by atoms with E-state index in [1.807, 2.05) is 24.3 Å². The van der Waals surface area contributed by atoms with Crippen molar-refractivity contribution in [2.45, 2.75) is 36.8 Å². The first kappa shape index (κ1) is 18.5. The predicted molar refractivity (Wildman–Crippen MR) is 103 cm³/mol. The fourth-order valence-electron chi connectivity index (χ4n) is 4.41. The molecule has 146 valence electrons. The minimum absolute atomic E-state index is 0.0262. The Balaban J connectivity index is 1.44. The van der Waals surface area contributed by atoms with E-state index in [2.05, 4.69) is 29.6 Å². The van der Waals surface area contributed by atoms with Crippen molar-refractivity contribution >= 4 is 12.1 Å². The molecule has 0 radical (unpaired) electrons. The van der Waals surface area contributed by atoms with E-state index in [1.54, 1.807) is 7.11 Å². The van der Waals surface area contributed by atoms with Crippen LogP contribution < -0.4 is 5.32 Å². The number of carboxylic acids is 1. The fraction of sp³-hybridized carbons (Fsp3) is 0.364. The normalized spacial score (nSPS) is 22.7. The van der Waals surface area contributed by atoms with Gasteiger partial charge >= 0.3 is 12.1 Å². The van der Waals surface area contributed by atoms with Crippen molar-refractivity contribution in [3.05, 3.63) is 59.7 Å². The molecule has 2 aliphatic carbocycles. The number of nitrogens with one attached hydrogen (secondary N) is 1. The Morgan fingerprint density at radius 3 is 2.18 bits per heavy atom. The molecule has 28 heavy (non-hydrogen) atoms. The molecule has 1 fully saturated rings. The summed E-state index contributed by atoms with van der Waals surface area (Å²) in [6.45, 7) is 0.205. The van der Waals surface area contributed by atoms with Gasteiger partial charge in [-0.1, -0.05) is 48.5 Å². The minimum Gasteiger partial charge on any atom is -0.481 e. The van der Waals surface area contributed by atoms with E-state index in [-0.39, 0.29) is 25.0 Å². The van der Waals surface area contributed by atoms with Gasteiger partial charge in [0.2, 0.25) is 0 Å². The number of hydrogen-bond donors (Lipinski definition) is 2. The van der Waals surface area contributed by atoms with Gasteiger partial charge in [0.05, 0.1) is 18.1 Å². The highest BCUT2D eigenvalue weighted by atomic mass is 16.5. The second-order valence-corrected chi connectivity index (χ2v) is 7.57. The van der Waals surface area contributed by atoms with Crippen LogP contribution in [-0.2, 0) is 14.3 Å². The second-order valence-electron chi connectivity index (χ2n) is 7.57. The fourth-order valence-corrected chi connectivity index (χ4v) is 4.41. The summed E-state index contributed by atoms with van der Waals surface area (Å²) in [4.78, 5) is 23.6. The monoisotopic (exact) mass is 381 g/mol. The van der Waals surface area contributed by atoms with Crippen LogP contribution in [0, 0.1) is 0 Å². The molecular formula is C22H23NO5. The number of benzene rings is 2. The molecule has 2 aromatic carbocycles. The van der Waals surface area contributed by atoms with E-state index in [0.717, 1.165) is 22.3 Å². The minimum atomic E-state index is -0.950. The Morgan fingerprint density at radius 1 is 1.07 bits per heavy atom. The Morgan fingerprint density at radius 2 is 1.64 bits per heavy atom. The maximum atomic E-state index is 12.4. The highest BCUT2D eigenvalue weighted by Gasteiger charge is 2.47. The van der Waals surface area contributed by atoms with Crippen LogP contribution in [0.2, 0.25) is 0 Å². The van der Waals surface area contributed by atoms with E-state index in [1.165, 1.54) is 0 Å². The SMILES string of the molecule is COC1CC(CC(=O)O)(NC(=O)OCC2c3ccccc3-c3ccccc32)C1. The second kappa shape index (κ2) is 7.28. The zero-order valence-electron chi connectivity index (χ0n) is 15.7. The first-order chi connectivity index (χ1) is 13.5. The van der Waals surface area contributed by atoms with Gasteiger partial charge in [-0.25, -0.2) is 4.79 Å². The van der Waals surface area contributed by atoms with Crippen LogP contribution in [0.15, 0.2) is 48.5 Å². The number of fused-ring (bicyclic) bond motifs is 3. The number of methoxy groups -OCH3 is 1. The molecular weight excluding hydrogens is 358 g/mol. The highest BCUT2D eigenvalue weighted by molar-refractivity contribution is 5.79. The third-order valence-corrected chi connectivity index (χ3v) is 5.77. The van der Waals surface area contributed by atoms with Gasteiger partial charge in [0.1, 0.15) is 6.61 Å². The quantitative estimate of drug-likeness (QED) is 0.799. The topological polar surface area (TPSA) is 84.9 Å². The van der Waals surface area contributed by atoms with Crippen LogP contribution in [0.4, 0.5) is 4.79 Å². The number of amides is 1. The average Bonchev–Trinajstić information content (AvgIpc) is 2.97. The van der Waals surface area contributed by atoms with Crippen LogP contribution >= 0.6 is 0 Å². The molecule has 0 aliphatic heterocycles. The third-order valence-electron chi connectivity index (χ3n) is 5.77. The number of aliphatic carboxylic acids is 1. The molecule has 2 aromatic rings. The number of carbonyl (C=O) groups excluding carboxylic acids is 1. The molecule has 0 atom stereocenters. The molecule has 6 heteroatoms. The van der Waals surface area contributed by atoms with Gasteiger partial charge in [-0.2, -0.15) is 0 Å². The van der Waals surface area contributed by atoms with Crippen molar-refractivity contribution in [3.8, 4) is 11.1 Å². The zero-order valence-corrected chi connectivity index (χ0v) is 15.7. The van der Waals surface area contributed by atoms with Crippen LogP contribution in [-0.4, -0.2) is 42.5 Å². The lowest BCUT2D eigenvalue weighted by atomic mass is 9.72. The first-order valence-electron chi connectivity index (χ1n) is 9.39. The lowest BCUT2D eigenvalue weighted by Gasteiger charge is -2.46. The van der Waals surface area contributed by atoms with Crippen molar-refractivity contribution in [1.29, 1.82) is 0 Å². The van der Waals surface area contributed by atoms with Gasteiger partial charge in [-0.15, -0.1) is 0 Å². The Labute approximate surface area is 163 Å². The number of rotatable bonds is 6. The summed E-state index contributed by atoms with van der Waals surface area (Å²) in [5.41, 5.74) is 3.81. The van der Waals surface area contributed by atoms with E-state index < -0.39 is 17.6 Å². The zero-order chi connectivity index (χ0) is 19.7. The van der Waals surface area contributed by atoms with Crippen molar-refractivity contribution in [3.63, 3.8) is 0 Å². The standard InChI is InChI=1S/C22H23NO5/c1-27-14-10-22(11-14,12-20(24)25)23-21(26)28-13-19-17-8-4-2-6-15(17)16-7-3-5-9-18(16)19/h2-9,14,19H,10-13H2,1H3,(H,23,26)(H,24,25). The van der Waals surface area contributed by atoms with E-state index >= 15 is 0 Å². The maximum Gasteiger partial charge on any atom is 0.407 e. The Kier molecular flexibility index (Phi) is 4.81. The average molecular weight is 381 g/mol. The van der Waals surface area contributed by atoms with Crippen LogP contribution in [0.25, 0.3) is 11.1 Å². The molecule has 0 bridgehead atoms. The molecule has 0 unspecified atom stereocenters. The van der Waals surface area contributed by atoms with E-state index in [4.69, 9.17) is 9.47 Å². The van der Waals surface area contributed by atoms with Crippen molar-refractivity contribution < 1.29 is 24.2 Å². The molecule has 2 aliphatic rings. The lowest BCUT2D eigenvalue weighted by molar-refractivity contribution is -0.141. The van der Waals surface area contributed by atoms with Gasteiger partial charge in [-0.3, -0.25) is 4.79 Å². The van der Waals surface area contributed by atoms with Crippen molar-refractivity contribution in [2.24, 2.45) is 0 Å². The largest absolute Gasteiger partial charge is 0.481 e. The summed E-state index contributed by atoms with van der Waals surface area (Å²) in [6.07, 6.45) is 0.183. The lowest BCUT2D eigenvalue weighted by Crippen LogP contribution is -2.60. The van der Waals surface area contributed by atoms with Gasteiger partial charge in [-0.05, 0) is 35.1 Å². The summed E-state index contributed by atoms with van der Waals surface area (Å²) < 4.78 is 10.8. The molecule has 1 amide bonds. The smallest absolute Gasteiger partial charge is 0.407 e. The number of carboxylic acid groups (broad SMARTS) is 1. The number of hydrogen-bond acceptors (Lipinski definition) is 4. The molecule has 0 aromatic heterocycles. The van der Waals surface area contributed by atoms with Gasteiger partial charge in [0, 0.05) is 13.0 Å². The van der Waals surface area contributed by atoms with E-state index in [0.29, 0.717) is 12.8 Å². The van der Waals surface area contributed by atoms with Crippen LogP contribution in [0.1, 0.15) is 36.3 Å². The van der Waals surface area contributed by atoms with Crippen molar-refractivity contribution in [2.75, 3.05) is 13.7 Å². The summed E-state index contributed by atoms with van der Waals surface area (Å²) in [7, 11) is 1.59. The number of ether oxygens (including phenoxy) is 2. The summed E-state index contributed by atoms with van der Waals surface area (Å²) in [5, 5.41) is 11.9. The maximum absolute atomic E-state index is 12.4. The van der Waals surface area contributed by atoms with Gasteiger partial charge < -0.3 is 19.9 Å². The molecule has 6 nitrogen and oxygen atoms in total. The third kappa shape index (κ3) is 3.36. The van der Waals surface area contributed by atoms with Crippen LogP contribution in [0.3, 0.4) is 0 Å². The summed E-state index contributed by atoms with van der Waals surface area (Å²) in [6, 6.07) is 16.3. The predicted octanol–water partition coefficient (Wildman–Crippen LogP) is 3.55. The molecule has 0 spiro atoms. The molecule has 2 N–H and O–H groups in total.